The van der Waals surface area contributed by atoms with Gasteiger partial charge in [0.1, 0.15) is 16.6 Å². The zero-order valence-corrected chi connectivity index (χ0v) is 24.6. The van der Waals surface area contributed by atoms with Crippen molar-refractivity contribution in [2.45, 2.75) is 19.4 Å². The Morgan fingerprint density at radius 2 is 2.00 bits per heavy atom. The number of halogens is 2. The van der Waals surface area contributed by atoms with E-state index in [4.69, 9.17) is 16.3 Å². The molecule has 5 rings (SSSR count). The first-order valence-electron chi connectivity index (χ1n) is 13.4. The van der Waals surface area contributed by atoms with E-state index in [0.29, 0.717) is 47.7 Å². The molecule has 2 aromatic heterocycles. The third-order valence-electron chi connectivity index (χ3n) is 7.13. The number of likely N-dealkylation sites (N-methyl/N-ethyl adjacent to an activating group) is 2. The zero-order chi connectivity index (χ0) is 30.1. The molecule has 0 aliphatic carbocycles. The van der Waals surface area contributed by atoms with E-state index in [-0.39, 0.29) is 28.4 Å². The number of nitrogens with one attached hydrogen (secondary N) is 2. The molecule has 13 heteroatoms. The molecule has 11 nitrogen and oxygen atoms in total. The molecule has 2 N–H and O–H groups in total. The van der Waals surface area contributed by atoms with E-state index >= 15 is 0 Å². The van der Waals surface area contributed by atoms with Gasteiger partial charge in [0.05, 0.1) is 41.4 Å². The summed E-state index contributed by atoms with van der Waals surface area (Å²) >= 11 is 6.51. The number of ether oxygens (including phenoxy) is 1. The summed E-state index contributed by atoms with van der Waals surface area (Å²) in [7, 11) is 7.42. The molecule has 0 radical (unpaired) electrons. The van der Waals surface area contributed by atoms with E-state index in [2.05, 4.69) is 32.1 Å². The standard InChI is InChI=1S/C29H32ClFN8O3/c1-6-25(40)33-20-14-21(24(42-5)15-22(20)37(4)11-10-36(2)3)34-28-32-16-19(30)27(35-28)39-23-13-18(31)12-17-8-7-9-38(26(17)23)29(39)41/h6,12-16H,1,7-11H2,2-5H3,(H,33,40)(H,32,34,35). The van der Waals surface area contributed by atoms with Crippen molar-refractivity contribution in [2.24, 2.45) is 0 Å². The van der Waals surface area contributed by atoms with Gasteiger partial charge in [0, 0.05) is 38.8 Å². The SMILES string of the molecule is C=CC(=O)Nc1cc(Nc2ncc(Cl)c(-n3c(=O)n4c5c(cc(F)cc53)CCC4)n2)c(OC)cc1N(C)CCN(C)C. The first kappa shape index (κ1) is 29.1. The number of aromatic nitrogens is 4. The molecular formula is C29H32ClFN8O3. The topological polar surface area (TPSA) is 110 Å². The lowest BCUT2D eigenvalue weighted by molar-refractivity contribution is -0.111. The Bertz CT molecular complexity index is 1750. The maximum Gasteiger partial charge on any atom is 0.334 e. The predicted octanol–water partition coefficient (Wildman–Crippen LogP) is 4.20. The molecule has 2 aromatic carbocycles. The molecule has 0 fully saturated rings. The second kappa shape index (κ2) is 11.8. The number of nitrogens with zero attached hydrogens (tertiary/aromatic N) is 6. The molecule has 0 spiro atoms. The van der Waals surface area contributed by atoms with Crippen LogP contribution in [0.3, 0.4) is 0 Å². The van der Waals surface area contributed by atoms with Crippen LogP contribution in [0.25, 0.3) is 16.9 Å². The van der Waals surface area contributed by atoms with Gasteiger partial charge in [0.25, 0.3) is 0 Å². The summed E-state index contributed by atoms with van der Waals surface area (Å²) in [5.74, 6) is -0.131. The van der Waals surface area contributed by atoms with Crippen LogP contribution in [0.4, 0.5) is 27.4 Å². The van der Waals surface area contributed by atoms with Crippen molar-refractivity contribution in [3.8, 4) is 11.6 Å². The van der Waals surface area contributed by atoms with Gasteiger partial charge in [0.2, 0.25) is 11.9 Å². The fourth-order valence-electron chi connectivity index (χ4n) is 5.07. The van der Waals surface area contributed by atoms with Gasteiger partial charge < -0.3 is 25.2 Å². The van der Waals surface area contributed by atoms with Crippen molar-refractivity contribution in [1.29, 1.82) is 0 Å². The molecule has 42 heavy (non-hydrogen) atoms. The van der Waals surface area contributed by atoms with Gasteiger partial charge in [-0.3, -0.25) is 9.36 Å². The van der Waals surface area contributed by atoms with E-state index in [1.54, 1.807) is 16.7 Å². The number of benzene rings is 2. The second-order valence-corrected chi connectivity index (χ2v) is 10.7. The Morgan fingerprint density at radius 1 is 1.21 bits per heavy atom. The van der Waals surface area contributed by atoms with Crippen molar-refractivity contribution >= 4 is 51.6 Å². The van der Waals surface area contributed by atoms with Crippen molar-refractivity contribution in [2.75, 3.05) is 56.9 Å². The third-order valence-corrected chi connectivity index (χ3v) is 7.40. The minimum absolute atomic E-state index is 0.112. The highest BCUT2D eigenvalue weighted by Crippen LogP contribution is 2.38. The Morgan fingerprint density at radius 3 is 2.71 bits per heavy atom. The number of carbonyl (C=O) groups excluding carboxylic acids is 1. The lowest BCUT2D eigenvalue weighted by Crippen LogP contribution is -2.29. The van der Waals surface area contributed by atoms with Gasteiger partial charge in [0.15, 0.2) is 5.82 Å². The van der Waals surface area contributed by atoms with Crippen LogP contribution < -0.4 is 26.0 Å². The van der Waals surface area contributed by atoms with Crippen LogP contribution in [-0.4, -0.2) is 71.3 Å². The molecule has 0 saturated heterocycles. The van der Waals surface area contributed by atoms with Crippen molar-refractivity contribution < 1.29 is 13.9 Å². The van der Waals surface area contributed by atoms with Crippen LogP contribution in [0.5, 0.6) is 5.75 Å². The third kappa shape index (κ3) is 5.55. The number of methoxy groups -OCH3 is 1. The summed E-state index contributed by atoms with van der Waals surface area (Å²) in [6.07, 6.45) is 3.96. The highest BCUT2D eigenvalue weighted by Gasteiger charge is 2.24. The maximum atomic E-state index is 14.6. The number of carbonyl (C=O) groups is 1. The first-order valence-corrected chi connectivity index (χ1v) is 13.7. The molecule has 0 bridgehead atoms. The number of rotatable bonds is 10. The normalized spacial score (nSPS) is 12.5. The summed E-state index contributed by atoms with van der Waals surface area (Å²) < 4.78 is 23.2. The average Bonchev–Trinajstić information content (AvgIpc) is 3.24. The number of hydrogen-bond acceptors (Lipinski definition) is 8. The average molecular weight is 595 g/mol. The predicted molar refractivity (Wildman–Crippen MR) is 163 cm³/mol. The fraction of sp³-hybridized carbons (Fsp3) is 0.310. The van der Waals surface area contributed by atoms with Gasteiger partial charge in [-0.25, -0.2) is 18.7 Å². The lowest BCUT2D eigenvalue weighted by atomic mass is 10.0. The van der Waals surface area contributed by atoms with Gasteiger partial charge in [-0.2, -0.15) is 4.98 Å². The lowest BCUT2D eigenvalue weighted by Gasteiger charge is -2.26. The Labute approximate surface area is 247 Å². The van der Waals surface area contributed by atoms with E-state index < -0.39 is 5.82 Å². The molecule has 1 aliphatic heterocycles. The summed E-state index contributed by atoms with van der Waals surface area (Å²) in [6, 6.07) is 6.29. The van der Waals surface area contributed by atoms with Gasteiger partial charge in [-0.1, -0.05) is 18.2 Å². The molecular weight excluding hydrogens is 563 g/mol. The molecule has 0 unspecified atom stereocenters. The number of anilines is 4. The van der Waals surface area contributed by atoms with E-state index in [0.717, 1.165) is 24.2 Å². The number of amides is 1. The maximum absolute atomic E-state index is 14.6. The van der Waals surface area contributed by atoms with Gasteiger partial charge in [-0.15, -0.1) is 0 Å². The van der Waals surface area contributed by atoms with E-state index in [1.165, 1.54) is 36.1 Å². The van der Waals surface area contributed by atoms with Crippen molar-refractivity contribution in [3.63, 3.8) is 0 Å². The van der Waals surface area contributed by atoms with Crippen molar-refractivity contribution in [1.82, 2.24) is 24.0 Å². The number of hydrogen-bond donors (Lipinski definition) is 2. The minimum Gasteiger partial charge on any atom is -0.494 e. The molecule has 220 valence electrons. The Kier molecular flexibility index (Phi) is 8.19. The van der Waals surface area contributed by atoms with Crippen LogP contribution in [0, 0.1) is 5.82 Å². The minimum atomic E-state index is -0.441. The van der Waals surface area contributed by atoms with Crippen LogP contribution >= 0.6 is 11.6 Å². The summed E-state index contributed by atoms with van der Waals surface area (Å²) in [4.78, 5) is 38.7. The summed E-state index contributed by atoms with van der Waals surface area (Å²) in [5, 5.41) is 6.10. The van der Waals surface area contributed by atoms with E-state index in [1.807, 2.05) is 26.0 Å². The zero-order valence-electron chi connectivity index (χ0n) is 23.9. The van der Waals surface area contributed by atoms with Gasteiger partial charge in [-0.05, 0) is 50.7 Å². The molecule has 0 atom stereocenters. The molecule has 1 amide bonds. The van der Waals surface area contributed by atoms with Crippen LogP contribution in [0.15, 0.2) is 47.9 Å². The molecule has 0 saturated carbocycles. The van der Waals surface area contributed by atoms with E-state index in [9.17, 15) is 14.0 Å². The monoisotopic (exact) mass is 594 g/mol. The second-order valence-electron chi connectivity index (χ2n) is 10.3. The number of aryl methyl sites for hydroxylation is 2. The van der Waals surface area contributed by atoms with Crippen molar-refractivity contribution in [3.05, 3.63) is 70.0 Å². The molecule has 3 heterocycles. The van der Waals surface area contributed by atoms with Crippen LogP contribution in [-0.2, 0) is 17.8 Å². The Balaban J connectivity index is 1.58. The Hall–Kier alpha value is -4.42. The quantitative estimate of drug-likeness (QED) is 0.263. The highest BCUT2D eigenvalue weighted by molar-refractivity contribution is 6.32. The highest BCUT2D eigenvalue weighted by atomic mass is 35.5. The van der Waals surface area contributed by atoms with Gasteiger partial charge >= 0.3 is 5.69 Å². The summed E-state index contributed by atoms with van der Waals surface area (Å²) in [5.41, 5.74) is 3.17. The smallest absolute Gasteiger partial charge is 0.334 e. The first-order chi connectivity index (χ1) is 20.1. The van der Waals surface area contributed by atoms with Crippen LogP contribution in [0.1, 0.15) is 12.0 Å². The molecule has 1 aliphatic rings. The largest absolute Gasteiger partial charge is 0.494 e. The number of imidazole rings is 1. The summed E-state index contributed by atoms with van der Waals surface area (Å²) in [6.45, 7) is 5.55. The van der Waals surface area contributed by atoms with Crippen LogP contribution in [0.2, 0.25) is 5.02 Å². The fourth-order valence-corrected chi connectivity index (χ4v) is 5.25. The molecule has 4 aromatic rings.